The molecule has 57 heavy (non-hydrogen) atoms. The number of methoxy groups -OCH3 is 1. The second kappa shape index (κ2) is 17.3. The first-order valence-corrected chi connectivity index (χ1v) is 18.1. The molecule has 1 fully saturated rings. The molecular formula is C38H43F8N7O4. The number of hydrogen-bond donors (Lipinski definition) is 2. The van der Waals surface area contributed by atoms with Gasteiger partial charge in [0.05, 0.1) is 41.3 Å². The van der Waals surface area contributed by atoms with E-state index in [1.165, 1.54) is 24.2 Å². The van der Waals surface area contributed by atoms with Gasteiger partial charge in [-0.2, -0.15) is 26.3 Å². The van der Waals surface area contributed by atoms with Crippen molar-refractivity contribution in [3.05, 3.63) is 82.5 Å². The minimum atomic E-state index is -4.99. The highest BCUT2D eigenvalue weighted by Gasteiger charge is 2.53. The number of hydrogen-bond acceptors (Lipinski definition) is 9. The molecule has 2 amide bonds. The Morgan fingerprint density at radius 1 is 0.965 bits per heavy atom. The van der Waals surface area contributed by atoms with Gasteiger partial charge in [0.1, 0.15) is 23.4 Å². The Labute approximate surface area is 323 Å². The molecule has 3 aromatic rings. The Kier molecular flexibility index (Phi) is 13.1. The number of alkyl halides is 6. The molecule has 19 heteroatoms. The lowest BCUT2D eigenvalue weighted by Crippen LogP contribution is -2.62. The Hall–Kier alpha value is -4.88. The zero-order valence-electron chi connectivity index (χ0n) is 31.7. The van der Waals surface area contributed by atoms with Gasteiger partial charge < -0.3 is 25.0 Å². The third-order valence-electron chi connectivity index (χ3n) is 10.3. The van der Waals surface area contributed by atoms with Crippen LogP contribution in [0.15, 0.2) is 54.1 Å². The van der Waals surface area contributed by atoms with E-state index in [0.717, 1.165) is 11.1 Å². The van der Waals surface area contributed by atoms with Crippen molar-refractivity contribution in [2.45, 2.75) is 63.5 Å². The van der Waals surface area contributed by atoms with Crippen LogP contribution >= 0.6 is 0 Å². The van der Waals surface area contributed by atoms with Crippen molar-refractivity contribution in [3.63, 3.8) is 0 Å². The SMILES string of the molecule is CCCN(CCN(C)CCOC)c1ccc(CN2C(=O)C(C(=O)Nc3ccc(C(F)(F)F)cc3-c3cc(C(F)(F)F)ncn3)=C(O)C3(CCCC3)N2C)c(F)c1F. The number of carbonyl (C=O) groups excluding carboxylic acids is 2. The van der Waals surface area contributed by atoms with Gasteiger partial charge in [0.25, 0.3) is 11.8 Å². The summed E-state index contributed by atoms with van der Waals surface area (Å²) in [5.74, 6) is -5.47. The molecule has 2 N–H and O–H groups in total. The minimum absolute atomic E-state index is 0.0137. The van der Waals surface area contributed by atoms with Crippen LogP contribution in [0, 0.1) is 11.6 Å². The van der Waals surface area contributed by atoms with Crippen LogP contribution in [0.5, 0.6) is 0 Å². The maximum Gasteiger partial charge on any atom is 0.433 e. The van der Waals surface area contributed by atoms with Crippen LogP contribution in [0.1, 0.15) is 55.8 Å². The van der Waals surface area contributed by atoms with Crippen molar-refractivity contribution in [2.75, 3.05) is 64.2 Å². The predicted molar refractivity (Wildman–Crippen MR) is 194 cm³/mol. The molecule has 1 aromatic heterocycles. The molecule has 1 spiro atoms. The first-order chi connectivity index (χ1) is 26.8. The second-order valence-electron chi connectivity index (χ2n) is 14.0. The van der Waals surface area contributed by atoms with Crippen LogP contribution in [-0.4, -0.2) is 101 Å². The third kappa shape index (κ3) is 9.15. The molecule has 0 unspecified atom stereocenters. The van der Waals surface area contributed by atoms with Crippen molar-refractivity contribution < 1.29 is 54.6 Å². The minimum Gasteiger partial charge on any atom is -0.509 e. The summed E-state index contributed by atoms with van der Waals surface area (Å²) in [5.41, 5.74) is -6.83. The molecule has 1 saturated carbocycles. The lowest BCUT2D eigenvalue weighted by Gasteiger charge is -2.48. The fourth-order valence-corrected chi connectivity index (χ4v) is 7.15. The Balaban J connectivity index is 1.49. The van der Waals surface area contributed by atoms with E-state index in [9.17, 15) is 41.0 Å². The van der Waals surface area contributed by atoms with Crippen LogP contribution < -0.4 is 10.2 Å². The van der Waals surface area contributed by atoms with E-state index >= 15 is 8.78 Å². The lowest BCUT2D eigenvalue weighted by atomic mass is 9.88. The number of aliphatic hydroxyl groups is 1. The molecule has 0 bridgehead atoms. The summed E-state index contributed by atoms with van der Waals surface area (Å²) >= 11 is 0. The Morgan fingerprint density at radius 2 is 1.67 bits per heavy atom. The number of hydrazine groups is 1. The number of nitrogens with zero attached hydrogens (tertiary/aromatic N) is 6. The van der Waals surface area contributed by atoms with Crippen molar-refractivity contribution in [1.82, 2.24) is 24.9 Å². The monoisotopic (exact) mass is 813 g/mol. The highest BCUT2D eigenvalue weighted by Crippen LogP contribution is 2.45. The average molecular weight is 814 g/mol. The van der Waals surface area contributed by atoms with E-state index < -0.39 is 87.4 Å². The van der Waals surface area contributed by atoms with Crippen LogP contribution in [0.25, 0.3) is 11.3 Å². The normalized spacial score (nSPS) is 16.3. The lowest BCUT2D eigenvalue weighted by molar-refractivity contribution is -0.163. The van der Waals surface area contributed by atoms with Crippen LogP contribution in [0.3, 0.4) is 0 Å². The number of rotatable bonds is 14. The predicted octanol–water partition coefficient (Wildman–Crippen LogP) is 7.21. The number of carbonyl (C=O) groups is 2. The fourth-order valence-electron chi connectivity index (χ4n) is 7.15. The van der Waals surface area contributed by atoms with Gasteiger partial charge in [-0.05, 0) is 56.6 Å². The van der Waals surface area contributed by atoms with Gasteiger partial charge >= 0.3 is 12.4 Å². The molecule has 2 aliphatic rings. The molecule has 2 aromatic carbocycles. The molecule has 5 rings (SSSR count). The standard InChI is InChI=1S/C38H43F8N7O4/c1-5-14-52(16-15-50(2)17-18-57-4)28-11-8-23(31(39)32(28)40)21-53-35(56)30(33(54)36(51(53)3)12-6-7-13-36)34(55)49-26-10-9-24(37(41,42)43)19-25(26)27-20-29(38(44,45)46)48-22-47-27/h8-11,19-20,22,54H,5-7,12-18,21H2,1-4H3,(H,49,55). The van der Waals surface area contributed by atoms with Gasteiger partial charge in [-0.15, -0.1) is 0 Å². The maximum atomic E-state index is 16.0. The Morgan fingerprint density at radius 3 is 2.30 bits per heavy atom. The summed E-state index contributed by atoms with van der Waals surface area (Å²) in [4.78, 5) is 38.7. The summed E-state index contributed by atoms with van der Waals surface area (Å²) in [6.07, 6.45) is -7.21. The maximum absolute atomic E-state index is 16.0. The van der Waals surface area contributed by atoms with Gasteiger partial charge in [0.15, 0.2) is 11.6 Å². The molecular weight excluding hydrogens is 770 g/mol. The average Bonchev–Trinajstić information content (AvgIpc) is 3.66. The molecule has 0 atom stereocenters. The first kappa shape index (κ1) is 43.2. The molecule has 0 radical (unpaired) electrons. The number of aromatic nitrogens is 2. The number of anilines is 2. The van der Waals surface area contributed by atoms with Gasteiger partial charge in [0.2, 0.25) is 0 Å². The summed E-state index contributed by atoms with van der Waals surface area (Å²) in [6.45, 7) is 3.78. The molecule has 1 aliphatic heterocycles. The number of halogens is 8. The highest BCUT2D eigenvalue weighted by molar-refractivity contribution is 6.24. The fraction of sp³-hybridized carbons (Fsp3) is 0.474. The van der Waals surface area contributed by atoms with Gasteiger partial charge in [0, 0.05) is 51.5 Å². The van der Waals surface area contributed by atoms with Gasteiger partial charge in [-0.1, -0.05) is 25.8 Å². The second-order valence-corrected chi connectivity index (χ2v) is 14.0. The summed E-state index contributed by atoms with van der Waals surface area (Å²) in [6, 6.07) is 4.97. The van der Waals surface area contributed by atoms with E-state index in [1.54, 1.807) is 12.0 Å². The molecule has 2 heterocycles. The van der Waals surface area contributed by atoms with Crippen LogP contribution in [0.4, 0.5) is 46.5 Å². The van der Waals surface area contributed by atoms with Crippen LogP contribution in [-0.2, 0) is 33.2 Å². The van der Waals surface area contributed by atoms with Gasteiger partial charge in [-0.25, -0.2) is 23.8 Å². The summed E-state index contributed by atoms with van der Waals surface area (Å²) in [7, 11) is 4.92. The topological polar surface area (TPSA) is 114 Å². The number of likely N-dealkylation sites (N-methyl/N-ethyl adjacent to an activating group) is 2. The van der Waals surface area contributed by atoms with E-state index in [1.807, 2.05) is 18.9 Å². The van der Waals surface area contributed by atoms with E-state index in [4.69, 9.17) is 4.74 Å². The smallest absolute Gasteiger partial charge is 0.433 e. The number of aliphatic hydroxyl groups excluding tert-OH is 1. The largest absolute Gasteiger partial charge is 0.509 e. The first-order valence-electron chi connectivity index (χ1n) is 18.1. The zero-order chi connectivity index (χ0) is 41.9. The quantitative estimate of drug-likeness (QED) is 0.129. The van der Waals surface area contributed by atoms with Crippen LogP contribution in [0.2, 0.25) is 0 Å². The highest BCUT2D eigenvalue weighted by atomic mass is 19.4. The van der Waals surface area contributed by atoms with Crippen molar-refractivity contribution in [1.29, 1.82) is 0 Å². The zero-order valence-corrected chi connectivity index (χ0v) is 31.7. The summed E-state index contributed by atoms with van der Waals surface area (Å²) in [5, 5.41) is 16.3. The number of nitrogens with one attached hydrogen (secondary N) is 1. The molecule has 11 nitrogen and oxygen atoms in total. The number of benzene rings is 2. The number of amides is 2. The van der Waals surface area contributed by atoms with E-state index in [0.29, 0.717) is 76.6 Å². The van der Waals surface area contributed by atoms with Crippen molar-refractivity contribution in [2.24, 2.45) is 0 Å². The van der Waals surface area contributed by atoms with Crippen molar-refractivity contribution >= 4 is 23.2 Å². The van der Waals surface area contributed by atoms with Gasteiger partial charge in [-0.3, -0.25) is 14.6 Å². The number of ether oxygens (including phenoxy) is 1. The molecule has 310 valence electrons. The van der Waals surface area contributed by atoms with E-state index in [-0.39, 0.29) is 24.1 Å². The molecule has 1 aliphatic carbocycles. The van der Waals surface area contributed by atoms with E-state index in [2.05, 4.69) is 15.3 Å². The summed E-state index contributed by atoms with van der Waals surface area (Å²) < 4.78 is 119. The third-order valence-corrected chi connectivity index (χ3v) is 10.3. The van der Waals surface area contributed by atoms with Crippen molar-refractivity contribution in [3.8, 4) is 11.3 Å². The Bertz CT molecular complexity index is 1990. The molecule has 0 saturated heterocycles.